The molecular weight excluding hydrogens is 257 g/mol. The number of nitrogen functional groups attached to an aromatic ring is 1. The summed E-state index contributed by atoms with van der Waals surface area (Å²) in [6.07, 6.45) is -2.47. The van der Waals surface area contributed by atoms with Crippen LogP contribution in [0.15, 0.2) is 18.2 Å². The maximum Gasteiger partial charge on any atom is 0.418 e. The second-order valence-corrected chi connectivity index (χ2v) is 4.86. The van der Waals surface area contributed by atoms with Crippen LogP contribution < -0.4 is 11.1 Å². The lowest BCUT2D eigenvalue weighted by molar-refractivity contribution is -0.136. The number of halogens is 3. The molecule has 0 heterocycles. The molecule has 1 saturated carbocycles. The highest BCUT2D eigenvalue weighted by molar-refractivity contribution is 6.00. The first-order valence-electron chi connectivity index (χ1n) is 6.07. The van der Waals surface area contributed by atoms with Crippen LogP contribution in [0.25, 0.3) is 0 Å². The summed E-state index contributed by atoms with van der Waals surface area (Å²) < 4.78 is 38.0. The zero-order valence-corrected chi connectivity index (χ0v) is 10.4. The van der Waals surface area contributed by atoms with E-state index in [2.05, 4.69) is 5.32 Å². The molecule has 1 amide bonds. The van der Waals surface area contributed by atoms with E-state index in [1.807, 2.05) is 6.92 Å². The molecule has 3 nitrogen and oxygen atoms in total. The van der Waals surface area contributed by atoms with Gasteiger partial charge in [0.05, 0.1) is 16.8 Å². The lowest BCUT2D eigenvalue weighted by atomic mass is 10.1. The number of carbonyl (C=O) groups is 1. The number of anilines is 1. The van der Waals surface area contributed by atoms with Gasteiger partial charge in [-0.05, 0) is 37.8 Å². The van der Waals surface area contributed by atoms with Crippen LogP contribution in [0.4, 0.5) is 18.9 Å². The molecule has 3 N–H and O–H groups in total. The average Bonchev–Trinajstić information content (AvgIpc) is 3.10. The highest BCUT2D eigenvalue weighted by Crippen LogP contribution is 2.35. The minimum absolute atomic E-state index is 0.0403. The Balaban J connectivity index is 2.22. The van der Waals surface area contributed by atoms with Crippen molar-refractivity contribution < 1.29 is 18.0 Å². The van der Waals surface area contributed by atoms with Crippen LogP contribution >= 0.6 is 0 Å². The number of para-hydroxylation sites is 1. The SMILES string of the molecule is CC(NC(=O)c1cccc(C(F)(F)F)c1N)C1CC1. The van der Waals surface area contributed by atoms with Crippen LogP contribution in [0.1, 0.15) is 35.7 Å². The maximum absolute atomic E-state index is 12.7. The third kappa shape index (κ3) is 3.00. The van der Waals surface area contributed by atoms with E-state index < -0.39 is 23.3 Å². The smallest absolute Gasteiger partial charge is 0.398 e. The van der Waals surface area contributed by atoms with E-state index in [4.69, 9.17) is 5.73 Å². The number of nitrogens with two attached hydrogens (primary N) is 1. The molecule has 1 aliphatic rings. The zero-order chi connectivity index (χ0) is 14.2. The number of amides is 1. The van der Waals surface area contributed by atoms with Crippen LogP contribution in [0.5, 0.6) is 0 Å². The van der Waals surface area contributed by atoms with Gasteiger partial charge in [-0.3, -0.25) is 4.79 Å². The molecule has 1 aliphatic carbocycles. The summed E-state index contributed by atoms with van der Waals surface area (Å²) in [5.41, 5.74) is 3.84. The number of alkyl halides is 3. The maximum atomic E-state index is 12.7. The average molecular weight is 272 g/mol. The largest absolute Gasteiger partial charge is 0.418 e. The number of nitrogens with one attached hydrogen (secondary N) is 1. The van der Waals surface area contributed by atoms with Crippen molar-refractivity contribution in [3.63, 3.8) is 0 Å². The lowest BCUT2D eigenvalue weighted by Crippen LogP contribution is -2.34. The summed E-state index contributed by atoms with van der Waals surface area (Å²) in [7, 11) is 0. The second kappa shape index (κ2) is 4.75. The van der Waals surface area contributed by atoms with Crippen LogP contribution in [0, 0.1) is 5.92 Å². The predicted molar refractivity (Wildman–Crippen MR) is 65.5 cm³/mol. The Bertz CT molecular complexity index is 495. The number of hydrogen-bond donors (Lipinski definition) is 2. The molecule has 1 aromatic rings. The summed E-state index contributed by atoms with van der Waals surface area (Å²) in [6.45, 7) is 1.85. The Hall–Kier alpha value is -1.72. The Morgan fingerprint density at radius 2 is 2.05 bits per heavy atom. The highest BCUT2D eigenvalue weighted by atomic mass is 19.4. The van der Waals surface area contributed by atoms with Crippen LogP contribution in [0.3, 0.4) is 0 Å². The summed E-state index contributed by atoms with van der Waals surface area (Å²) >= 11 is 0. The van der Waals surface area contributed by atoms with Crippen molar-refractivity contribution in [3.05, 3.63) is 29.3 Å². The number of hydrogen-bond acceptors (Lipinski definition) is 2. The van der Waals surface area contributed by atoms with Crippen LogP contribution in [0.2, 0.25) is 0 Å². The fourth-order valence-corrected chi connectivity index (χ4v) is 2.01. The van der Waals surface area contributed by atoms with Gasteiger partial charge in [-0.25, -0.2) is 0 Å². The molecule has 1 fully saturated rings. The predicted octanol–water partition coefficient (Wildman–Crippen LogP) is 2.82. The second-order valence-electron chi connectivity index (χ2n) is 4.86. The van der Waals surface area contributed by atoms with Crippen molar-refractivity contribution in [2.24, 2.45) is 5.92 Å². The fourth-order valence-electron chi connectivity index (χ4n) is 2.01. The fraction of sp³-hybridized carbons (Fsp3) is 0.462. The first-order valence-corrected chi connectivity index (χ1v) is 6.07. The molecule has 2 rings (SSSR count). The highest BCUT2D eigenvalue weighted by Gasteiger charge is 2.35. The Kier molecular flexibility index (Phi) is 3.43. The van der Waals surface area contributed by atoms with Gasteiger partial charge in [-0.1, -0.05) is 6.07 Å². The third-order valence-electron chi connectivity index (χ3n) is 3.34. The van der Waals surface area contributed by atoms with Crippen LogP contribution in [-0.2, 0) is 6.18 Å². The summed E-state index contributed by atoms with van der Waals surface area (Å²) in [5, 5.41) is 2.69. The van der Waals surface area contributed by atoms with E-state index in [0.717, 1.165) is 18.9 Å². The molecule has 0 saturated heterocycles. The topological polar surface area (TPSA) is 55.1 Å². The minimum atomic E-state index is -4.55. The van der Waals surface area contributed by atoms with Crippen molar-refractivity contribution >= 4 is 11.6 Å². The van der Waals surface area contributed by atoms with Gasteiger partial charge in [0.1, 0.15) is 0 Å². The van der Waals surface area contributed by atoms with Gasteiger partial charge in [0, 0.05) is 6.04 Å². The van der Waals surface area contributed by atoms with Gasteiger partial charge in [0.25, 0.3) is 5.91 Å². The molecule has 1 aromatic carbocycles. The molecule has 0 aromatic heterocycles. The Morgan fingerprint density at radius 1 is 1.42 bits per heavy atom. The lowest BCUT2D eigenvalue weighted by Gasteiger charge is -2.16. The van der Waals surface area contributed by atoms with Crippen LogP contribution in [-0.4, -0.2) is 11.9 Å². The van der Waals surface area contributed by atoms with E-state index in [1.54, 1.807) is 0 Å². The molecule has 104 valence electrons. The van der Waals surface area contributed by atoms with Gasteiger partial charge in [0.15, 0.2) is 0 Å². The van der Waals surface area contributed by atoms with E-state index in [9.17, 15) is 18.0 Å². The monoisotopic (exact) mass is 272 g/mol. The van der Waals surface area contributed by atoms with Crippen molar-refractivity contribution in [1.82, 2.24) is 5.32 Å². The standard InChI is InChI=1S/C13H15F3N2O/c1-7(8-5-6-8)18-12(19)9-3-2-4-10(11(9)17)13(14,15)16/h2-4,7-8H,5-6,17H2,1H3,(H,18,19). The van der Waals surface area contributed by atoms with Crippen molar-refractivity contribution in [2.75, 3.05) is 5.73 Å². The van der Waals surface area contributed by atoms with Gasteiger partial charge in [-0.15, -0.1) is 0 Å². The van der Waals surface area contributed by atoms with Gasteiger partial charge >= 0.3 is 6.18 Å². The zero-order valence-electron chi connectivity index (χ0n) is 10.4. The number of rotatable bonds is 3. The van der Waals surface area contributed by atoms with Crippen molar-refractivity contribution in [1.29, 1.82) is 0 Å². The van der Waals surface area contributed by atoms with Gasteiger partial charge in [0.2, 0.25) is 0 Å². The molecule has 0 radical (unpaired) electrons. The van der Waals surface area contributed by atoms with Gasteiger partial charge < -0.3 is 11.1 Å². The third-order valence-corrected chi connectivity index (χ3v) is 3.34. The molecule has 19 heavy (non-hydrogen) atoms. The quantitative estimate of drug-likeness (QED) is 0.831. The summed E-state index contributed by atoms with van der Waals surface area (Å²) in [5.74, 6) is -0.126. The summed E-state index contributed by atoms with van der Waals surface area (Å²) in [6, 6.07) is 3.33. The molecular formula is C13H15F3N2O. The molecule has 6 heteroatoms. The van der Waals surface area contributed by atoms with E-state index in [1.165, 1.54) is 12.1 Å². The summed E-state index contributed by atoms with van der Waals surface area (Å²) in [4.78, 5) is 11.9. The molecule has 0 spiro atoms. The molecule has 1 atom stereocenters. The first-order chi connectivity index (χ1) is 8.80. The van der Waals surface area contributed by atoms with E-state index in [-0.39, 0.29) is 11.6 Å². The minimum Gasteiger partial charge on any atom is -0.398 e. The van der Waals surface area contributed by atoms with Crippen molar-refractivity contribution in [2.45, 2.75) is 32.0 Å². The van der Waals surface area contributed by atoms with E-state index >= 15 is 0 Å². The first kappa shape index (κ1) is 13.7. The van der Waals surface area contributed by atoms with Gasteiger partial charge in [-0.2, -0.15) is 13.2 Å². The molecule has 0 aliphatic heterocycles. The number of carbonyl (C=O) groups excluding carboxylic acids is 1. The molecule has 1 unspecified atom stereocenters. The van der Waals surface area contributed by atoms with Crippen molar-refractivity contribution in [3.8, 4) is 0 Å². The normalized spacial score (nSPS) is 17.1. The Labute approximate surface area is 109 Å². The molecule has 0 bridgehead atoms. The van der Waals surface area contributed by atoms with E-state index in [0.29, 0.717) is 5.92 Å². The number of benzene rings is 1. The Morgan fingerprint density at radius 3 is 2.58 bits per heavy atom.